The van der Waals surface area contributed by atoms with Gasteiger partial charge in [-0.1, -0.05) is 0 Å². The summed E-state index contributed by atoms with van der Waals surface area (Å²) in [6, 6.07) is -0.281. The number of carbonyl (C=O) groups excluding carboxylic acids is 1. The molecule has 0 aromatic carbocycles. The van der Waals surface area contributed by atoms with E-state index in [1.54, 1.807) is 14.0 Å². The summed E-state index contributed by atoms with van der Waals surface area (Å²) in [4.78, 5) is 24.5. The third-order valence-corrected chi connectivity index (χ3v) is 3.05. The molecule has 0 aliphatic carbocycles. The van der Waals surface area contributed by atoms with Gasteiger partial charge in [0.15, 0.2) is 0 Å². The van der Waals surface area contributed by atoms with E-state index in [9.17, 15) is 9.59 Å². The largest absolute Gasteiger partial charge is 0.481 e. The molecule has 6 heteroatoms. The van der Waals surface area contributed by atoms with Gasteiger partial charge in [0, 0.05) is 33.4 Å². The Hall–Kier alpha value is -1.14. The van der Waals surface area contributed by atoms with Gasteiger partial charge >= 0.3 is 5.97 Å². The van der Waals surface area contributed by atoms with Gasteiger partial charge in [-0.3, -0.25) is 14.5 Å². The third kappa shape index (κ3) is 3.98. The molecule has 98 valence electrons. The summed E-state index contributed by atoms with van der Waals surface area (Å²) in [7, 11) is 1.62. The first-order chi connectivity index (χ1) is 8.06. The molecular formula is C11H20N2O4. The lowest BCUT2D eigenvalue weighted by Crippen LogP contribution is -2.43. The number of rotatable bonds is 5. The minimum absolute atomic E-state index is 0.105. The lowest BCUT2D eigenvalue weighted by atomic mass is 10.1. The molecule has 1 aliphatic rings. The van der Waals surface area contributed by atoms with Crippen molar-refractivity contribution in [2.45, 2.75) is 19.4 Å². The van der Waals surface area contributed by atoms with Crippen LogP contribution in [0.2, 0.25) is 0 Å². The minimum atomic E-state index is -0.865. The van der Waals surface area contributed by atoms with Crippen LogP contribution in [0.1, 0.15) is 13.3 Å². The number of carbonyl (C=O) groups is 2. The maximum absolute atomic E-state index is 11.6. The molecule has 0 spiro atoms. The molecule has 2 unspecified atom stereocenters. The van der Waals surface area contributed by atoms with Crippen molar-refractivity contribution in [1.82, 2.24) is 10.2 Å². The molecule has 0 bridgehead atoms. The summed E-state index contributed by atoms with van der Waals surface area (Å²) >= 11 is 0. The molecule has 1 heterocycles. The molecule has 0 aromatic heterocycles. The third-order valence-electron chi connectivity index (χ3n) is 3.05. The van der Waals surface area contributed by atoms with E-state index in [-0.39, 0.29) is 18.5 Å². The second-order valence-electron chi connectivity index (χ2n) is 4.30. The molecule has 1 aliphatic heterocycles. The molecule has 1 fully saturated rings. The Balaban J connectivity index is 2.61. The van der Waals surface area contributed by atoms with Gasteiger partial charge in [0.25, 0.3) is 0 Å². The fourth-order valence-corrected chi connectivity index (χ4v) is 1.91. The van der Waals surface area contributed by atoms with E-state index in [1.165, 1.54) is 0 Å². The van der Waals surface area contributed by atoms with E-state index in [0.717, 1.165) is 6.42 Å². The average Bonchev–Trinajstić information content (AvgIpc) is 2.42. The number of amides is 1. The molecule has 17 heavy (non-hydrogen) atoms. The zero-order valence-corrected chi connectivity index (χ0v) is 10.3. The number of carboxylic acid groups (broad SMARTS) is 1. The van der Waals surface area contributed by atoms with Gasteiger partial charge in [-0.15, -0.1) is 0 Å². The SMILES string of the molecule is COCCCN1CC(C(=O)O)CNC(=O)C1C. The lowest BCUT2D eigenvalue weighted by Gasteiger charge is -2.26. The van der Waals surface area contributed by atoms with Crippen LogP contribution in [0.15, 0.2) is 0 Å². The summed E-state index contributed by atoms with van der Waals surface area (Å²) in [6.07, 6.45) is 0.792. The van der Waals surface area contributed by atoms with Crippen LogP contribution in [-0.4, -0.2) is 61.3 Å². The maximum Gasteiger partial charge on any atom is 0.309 e. The predicted octanol–water partition coefficient (Wildman–Crippen LogP) is -0.456. The predicted molar refractivity (Wildman–Crippen MR) is 61.7 cm³/mol. The van der Waals surface area contributed by atoms with Gasteiger partial charge in [-0.05, 0) is 13.3 Å². The van der Waals surface area contributed by atoms with Crippen LogP contribution in [0.3, 0.4) is 0 Å². The van der Waals surface area contributed by atoms with E-state index < -0.39 is 11.9 Å². The Morgan fingerprint density at radius 1 is 1.65 bits per heavy atom. The smallest absolute Gasteiger partial charge is 0.309 e. The monoisotopic (exact) mass is 244 g/mol. The van der Waals surface area contributed by atoms with E-state index in [1.807, 2.05) is 4.90 Å². The topological polar surface area (TPSA) is 78.9 Å². The molecule has 1 amide bonds. The Morgan fingerprint density at radius 3 is 2.94 bits per heavy atom. The molecule has 6 nitrogen and oxygen atoms in total. The first-order valence-corrected chi connectivity index (χ1v) is 5.79. The number of ether oxygens (including phenoxy) is 1. The van der Waals surface area contributed by atoms with Gasteiger partial charge in [0.05, 0.1) is 12.0 Å². The molecule has 2 atom stereocenters. The van der Waals surface area contributed by atoms with Gasteiger partial charge in [0.1, 0.15) is 0 Å². The van der Waals surface area contributed by atoms with Crippen molar-refractivity contribution < 1.29 is 19.4 Å². The van der Waals surface area contributed by atoms with E-state index >= 15 is 0 Å². The highest BCUT2D eigenvalue weighted by molar-refractivity contribution is 5.82. The number of methoxy groups -OCH3 is 1. The van der Waals surface area contributed by atoms with E-state index in [4.69, 9.17) is 9.84 Å². The second kappa shape index (κ2) is 6.56. The highest BCUT2D eigenvalue weighted by Gasteiger charge is 2.31. The number of aliphatic carboxylic acids is 1. The van der Waals surface area contributed by atoms with Gasteiger partial charge < -0.3 is 15.2 Å². The van der Waals surface area contributed by atoms with Gasteiger partial charge in [-0.2, -0.15) is 0 Å². The maximum atomic E-state index is 11.6. The number of nitrogens with one attached hydrogen (secondary N) is 1. The summed E-state index contributed by atoms with van der Waals surface area (Å²) in [5, 5.41) is 11.7. The Labute approximate surface area is 101 Å². The quantitative estimate of drug-likeness (QED) is 0.640. The van der Waals surface area contributed by atoms with Crippen molar-refractivity contribution in [3.05, 3.63) is 0 Å². The first kappa shape index (κ1) is 13.9. The lowest BCUT2D eigenvalue weighted by molar-refractivity contribution is -0.142. The zero-order valence-electron chi connectivity index (χ0n) is 10.3. The number of carboxylic acids is 1. The number of nitrogens with zero attached hydrogens (tertiary/aromatic N) is 1. The van der Waals surface area contributed by atoms with Crippen molar-refractivity contribution in [2.75, 3.05) is 33.4 Å². The normalized spacial score (nSPS) is 26.4. The summed E-state index contributed by atoms with van der Waals surface area (Å²) in [5.74, 6) is -1.51. The Morgan fingerprint density at radius 2 is 2.35 bits per heavy atom. The average molecular weight is 244 g/mol. The Kier molecular flexibility index (Phi) is 5.37. The van der Waals surface area contributed by atoms with Crippen LogP contribution in [0.4, 0.5) is 0 Å². The van der Waals surface area contributed by atoms with Crippen molar-refractivity contribution >= 4 is 11.9 Å². The second-order valence-corrected chi connectivity index (χ2v) is 4.30. The number of hydrogen-bond donors (Lipinski definition) is 2. The van der Waals surface area contributed by atoms with E-state index in [2.05, 4.69) is 5.32 Å². The van der Waals surface area contributed by atoms with Crippen LogP contribution in [0, 0.1) is 5.92 Å². The first-order valence-electron chi connectivity index (χ1n) is 5.79. The van der Waals surface area contributed by atoms with Gasteiger partial charge in [-0.25, -0.2) is 0 Å². The number of hydrogen-bond acceptors (Lipinski definition) is 4. The van der Waals surface area contributed by atoms with Crippen LogP contribution < -0.4 is 5.32 Å². The van der Waals surface area contributed by atoms with Gasteiger partial charge in [0.2, 0.25) is 5.91 Å². The highest BCUT2D eigenvalue weighted by atomic mass is 16.5. The highest BCUT2D eigenvalue weighted by Crippen LogP contribution is 2.10. The summed E-state index contributed by atoms with van der Waals surface area (Å²) in [5.41, 5.74) is 0. The van der Waals surface area contributed by atoms with Crippen molar-refractivity contribution in [2.24, 2.45) is 5.92 Å². The fourth-order valence-electron chi connectivity index (χ4n) is 1.91. The Bertz CT molecular complexity index is 283. The standard InChI is InChI=1S/C11H20N2O4/c1-8-10(14)12-6-9(11(15)16)7-13(8)4-3-5-17-2/h8-9H,3-7H2,1-2H3,(H,12,14)(H,15,16). The van der Waals surface area contributed by atoms with Crippen LogP contribution in [-0.2, 0) is 14.3 Å². The molecule has 0 aromatic rings. The fraction of sp³-hybridized carbons (Fsp3) is 0.818. The van der Waals surface area contributed by atoms with Crippen LogP contribution >= 0.6 is 0 Å². The molecule has 1 rings (SSSR count). The molecular weight excluding hydrogens is 224 g/mol. The molecule has 2 N–H and O–H groups in total. The molecule has 0 radical (unpaired) electrons. The van der Waals surface area contributed by atoms with Crippen molar-refractivity contribution in [3.63, 3.8) is 0 Å². The van der Waals surface area contributed by atoms with Crippen LogP contribution in [0.25, 0.3) is 0 Å². The van der Waals surface area contributed by atoms with Crippen molar-refractivity contribution in [1.29, 1.82) is 0 Å². The zero-order chi connectivity index (χ0) is 12.8. The van der Waals surface area contributed by atoms with E-state index in [0.29, 0.717) is 19.7 Å². The van der Waals surface area contributed by atoms with Crippen LogP contribution in [0.5, 0.6) is 0 Å². The molecule has 1 saturated heterocycles. The summed E-state index contributed by atoms with van der Waals surface area (Å²) < 4.78 is 4.96. The van der Waals surface area contributed by atoms with Crippen molar-refractivity contribution in [3.8, 4) is 0 Å². The molecule has 0 saturated carbocycles. The minimum Gasteiger partial charge on any atom is -0.481 e. The summed E-state index contributed by atoms with van der Waals surface area (Å²) in [6.45, 7) is 3.69.